The van der Waals surface area contributed by atoms with E-state index in [-0.39, 0.29) is 32.3 Å². The molecule has 0 aliphatic heterocycles. The lowest BCUT2D eigenvalue weighted by Crippen LogP contribution is -2.15. The smallest absolute Gasteiger partial charge is 0.261 e. The largest absolute Gasteiger partial charge is 0.497 e. The predicted octanol–water partition coefficient (Wildman–Crippen LogP) is 7.49. The van der Waals surface area contributed by atoms with E-state index in [4.69, 9.17) is 18.9 Å². The monoisotopic (exact) mass is 822 g/mol. The van der Waals surface area contributed by atoms with Crippen LogP contribution < -0.4 is 39.0 Å². The van der Waals surface area contributed by atoms with E-state index in [9.17, 15) is 26.4 Å². The maximum Gasteiger partial charge on any atom is 0.261 e. The molecule has 6 rings (SSSR count). The minimum Gasteiger partial charge on any atom is -0.497 e. The van der Waals surface area contributed by atoms with Crippen molar-refractivity contribution in [3.8, 4) is 34.1 Å². The van der Waals surface area contributed by atoms with Gasteiger partial charge in [0.1, 0.15) is 23.0 Å². The van der Waals surface area contributed by atoms with Crippen LogP contribution in [0.5, 0.6) is 23.0 Å². The number of nitrogens with one attached hydrogen (secondary N) is 4. The van der Waals surface area contributed by atoms with Gasteiger partial charge in [-0.25, -0.2) is 16.8 Å². The van der Waals surface area contributed by atoms with Gasteiger partial charge in [-0.05, 0) is 120 Å². The number of amides is 2. The molecule has 16 heteroatoms. The van der Waals surface area contributed by atoms with Crippen LogP contribution in [-0.4, -0.2) is 57.1 Å². The molecular weight excluding hydrogens is 785 g/mol. The fraction of sp³-hybridized carbons (Fsp3) is 0.0952. The van der Waals surface area contributed by atoms with Gasteiger partial charge in [0.2, 0.25) is 0 Å². The average Bonchev–Trinajstić information content (AvgIpc) is 3.23. The summed E-state index contributed by atoms with van der Waals surface area (Å²) in [5.41, 5.74) is 2.93. The molecule has 2 amide bonds. The first kappa shape index (κ1) is 40.6. The molecule has 6 aromatic rings. The number of ether oxygens (including phenoxy) is 4. The van der Waals surface area contributed by atoms with E-state index in [2.05, 4.69) is 20.1 Å². The van der Waals surface area contributed by atoms with E-state index < -0.39 is 31.9 Å². The average molecular weight is 823 g/mol. The highest BCUT2D eigenvalue weighted by Gasteiger charge is 2.19. The number of carbonyl (C=O) groups is 2. The highest BCUT2D eigenvalue weighted by Crippen LogP contribution is 2.36. The Morgan fingerprint density at radius 2 is 0.828 bits per heavy atom. The van der Waals surface area contributed by atoms with E-state index in [1.807, 2.05) is 0 Å². The number of hydrogen-bond donors (Lipinski definition) is 4. The Bertz CT molecular complexity index is 2500. The van der Waals surface area contributed by atoms with Crippen LogP contribution >= 0.6 is 0 Å². The maximum absolute atomic E-state index is 13.3. The zero-order valence-corrected chi connectivity index (χ0v) is 33.2. The molecule has 0 bridgehead atoms. The highest BCUT2D eigenvalue weighted by atomic mass is 32.2. The lowest BCUT2D eigenvalue weighted by molar-refractivity contribution is 0.101. The molecule has 6 aromatic carbocycles. The van der Waals surface area contributed by atoms with Crippen LogP contribution in [0.25, 0.3) is 11.1 Å². The third-order valence-corrected chi connectivity index (χ3v) is 11.5. The molecule has 0 unspecified atom stereocenters. The van der Waals surface area contributed by atoms with E-state index in [1.54, 1.807) is 60.7 Å². The summed E-state index contributed by atoms with van der Waals surface area (Å²) in [6.07, 6.45) is 0. The first-order chi connectivity index (χ1) is 27.8. The van der Waals surface area contributed by atoms with Gasteiger partial charge in [0.05, 0.1) is 49.6 Å². The van der Waals surface area contributed by atoms with Gasteiger partial charge in [-0.15, -0.1) is 0 Å². The Morgan fingerprint density at radius 1 is 0.448 bits per heavy atom. The van der Waals surface area contributed by atoms with Crippen molar-refractivity contribution in [2.24, 2.45) is 0 Å². The molecule has 0 atom stereocenters. The molecule has 0 spiro atoms. The lowest BCUT2D eigenvalue weighted by Gasteiger charge is -2.15. The summed E-state index contributed by atoms with van der Waals surface area (Å²) >= 11 is 0. The fourth-order valence-electron chi connectivity index (χ4n) is 5.72. The van der Waals surface area contributed by atoms with Crippen LogP contribution in [0, 0.1) is 0 Å². The molecule has 0 aliphatic rings. The number of sulfonamides is 2. The van der Waals surface area contributed by atoms with Crippen molar-refractivity contribution in [2.45, 2.75) is 9.79 Å². The molecule has 0 fully saturated rings. The van der Waals surface area contributed by atoms with E-state index in [0.29, 0.717) is 45.5 Å². The highest BCUT2D eigenvalue weighted by molar-refractivity contribution is 7.93. The SMILES string of the molecule is COc1ccc(S(=O)(=O)Nc2cccc(C(=O)Nc3ccc(-c4ccc(NC(=O)c5cccc(NS(=O)(=O)c6ccc(OC)cc6)c5)c(OC)c4)cc3OC)c2)cc1. The van der Waals surface area contributed by atoms with Crippen LogP contribution in [0.15, 0.2) is 143 Å². The molecule has 298 valence electrons. The Balaban J connectivity index is 1.13. The minimum absolute atomic E-state index is 0.0301. The summed E-state index contributed by atoms with van der Waals surface area (Å²) in [7, 11) is -1.98. The molecule has 0 heterocycles. The van der Waals surface area contributed by atoms with Crippen molar-refractivity contribution >= 4 is 54.6 Å². The summed E-state index contributed by atoms with van der Waals surface area (Å²) < 4.78 is 78.2. The van der Waals surface area contributed by atoms with Gasteiger partial charge in [0, 0.05) is 22.5 Å². The van der Waals surface area contributed by atoms with Crippen LogP contribution in [0.4, 0.5) is 22.7 Å². The van der Waals surface area contributed by atoms with Gasteiger partial charge in [-0.1, -0.05) is 24.3 Å². The van der Waals surface area contributed by atoms with Crippen molar-refractivity contribution in [2.75, 3.05) is 48.5 Å². The van der Waals surface area contributed by atoms with Gasteiger partial charge in [0.25, 0.3) is 31.9 Å². The summed E-state index contributed by atoms with van der Waals surface area (Å²) in [6.45, 7) is 0. The Kier molecular flexibility index (Phi) is 12.2. The Morgan fingerprint density at radius 3 is 1.17 bits per heavy atom. The van der Waals surface area contributed by atoms with Gasteiger partial charge in [-0.2, -0.15) is 0 Å². The molecule has 58 heavy (non-hydrogen) atoms. The number of hydrogen-bond acceptors (Lipinski definition) is 10. The number of methoxy groups -OCH3 is 4. The summed E-state index contributed by atoms with van der Waals surface area (Å²) in [4.78, 5) is 26.7. The number of anilines is 4. The standard InChI is InChI=1S/C42H38N4O10S2/c1-53-33-13-17-35(18-14-33)57(49,50)45-31-9-5-7-29(23-31)41(47)43-37-21-11-27(25-39(37)55-3)28-12-22-38(40(26-28)56-4)44-42(48)30-8-6-10-32(24-30)46-58(51,52)36-19-15-34(54-2)16-20-36/h5-26,45-46H,1-4H3,(H,43,47)(H,44,48). The molecule has 0 radical (unpaired) electrons. The van der Waals surface area contributed by atoms with E-state index in [0.717, 1.165) is 0 Å². The third kappa shape index (κ3) is 9.49. The van der Waals surface area contributed by atoms with Crippen molar-refractivity contribution in [1.82, 2.24) is 0 Å². The Hall–Kier alpha value is -7.04. The summed E-state index contributed by atoms with van der Waals surface area (Å²) in [6, 6.07) is 34.3. The molecule has 0 saturated carbocycles. The molecule has 0 aromatic heterocycles. The predicted molar refractivity (Wildman–Crippen MR) is 221 cm³/mol. The zero-order chi connectivity index (χ0) is 41.5. The van der Waals surface area contributed by atoms with Gasteiger partial charge in [0.15, 0.2) is 0 Å². The third-order valence-electron chi connectivity index (χ3n) is 8.73. The van der Waals surface area contributed by atoms with Crippen LogP contribution in [-0.2, 0) is 20.0 Å². The van der Waals surface area contributed by atoms with Gasteiger partial charge in [-0.3, -0.25) is 19.0 Å². The second kappa shape index (κ2) is 17.4. The first-order valence-electron chi connectivity index (χ1n) is 17.4. The van der Waals surface area contributed by atoms with Crippen LogP contribution in [0.3, 0.4) is 0 Å². The van der Waals surface area contributed by atoms with Gasteiger partial charge < -0.3 is 29.6 Å². The van der Waals surface area contributed by atoms with Crippen molar-refractivity contribution in [1.29, 1.82) is 0 Å². The quantitative estimate of drug-likeness (QED) is 0.0808. The molecule has 4 N–H and O–H groups in total. The zero-order valence-electron chi connectivity index (χ0n) is 31.6. The number of carbonyl (C=O) groups excluding carboxylic acids is 2. The van der Waals surface area contributed by atoms with E-state index >= 15 is 0 Å². The summed E-state index contributed by atoms with van der Waals surface area (Å²) in [5.74, 6) is 0.719. The number of rotatable bonds is 15. The van der Waals surface area contributed by atoms with Crippen LogP contribution in [0.1, 0.15) is 20.7 Å². The second-order valence-corrected chi connectivity index (χ2v) is 15.8. The normalized spacial score (nSPS) is 11.2. The maximum atomic E-state index is 13.3. The Labute approximate surface area is 335 Å². The molecule has 14 nitrogen and oxygen atoms in total. The minimum atomic E-state index is -3.94. The fourth-order valence-corrected chi connectivity index (χ4v) is 7.82. The first-order valence-corrected chi connectivity index (χ1v) is 20.3. The van der Waals surface area contributed by atoms with Gasteiger partial charge >= 0.3 is 0 Å². The van der Waals surface area contributed by atoms with Crippen LogP contribution in [0.2, 0.25) is 0 Å². The molecule has 0 aliphatic carbocycles. The van der Waals surface area contributed by atoms with Crippen molar-refractivity contribution in [3.05, 3.63) is 145 Å². The van der Waals surface area contributed by atoms with E-state index in [1.165, 1.54) is 101 Å². The molecule has 0 saturated heterocycles. The summed E-state index contributed by atoms with van der Waals surface area (Å²) in [5, 5.41) is 5.64. The van der Waals surface area contributed by atoms with Crippen molar-refractivity contribution in [3.63, 3.8) is 0 Å². The molecular formula is C42H38N4O10S2. The van der Waals surface area contributed by atoms with Crippen molar-refractivity contribution < 1.29 is 45.4 Å². The topological polar surface area (TPSA) is 187 Å². The number of benzene rings is 6. The lowest BCUT2D eigenvalue weighted by atomic mass is 10.0. The second-order valence-electron chi connectivity index (χ2n) is 12.5.